The molecule has 0 aliphatic rings. The average Bonchev–Trinajstić information content (AvgIpc) is 3.30. The number of benzene rings is 2. The van der Waals surface area contributed by atoms with Gasteiger partial charge in [-0.2, -0.15) is 0 Å². The summed E-state index contributed by atoms with van der Waals surface area (Å²) in [4.78, 5) is 22.4. The number of carbonyl (C=O) groups excluding carboxylic acids is 1. The predicted octanol–water partition coefficient (Wildman–Crippen LogP) is 4.84. The van der Waals surface area contributed by atoms with Gasteiger partial charge in [0.15, 0.2) is 23.1 Å². The Hall–Kier alpha value is -3.92. The van der Waals surface area contributed by atoms with Crippen LogP contribution in [0, 0.1) is 5.82 Å². The zero-order valence-corrected chi connectivity index (χ0v) is 19.1. The van der Waals surface area contributed by atoms with Gasteiger partial charge in [0.1, 0.15) is 5.69 Å². The summed E-state index contributed by atoms with van der Waals surface area (Å²) in [5, 5.41) is 4.77. The summed E-state index contributed by atoms with van der Waals surface area (Å²) in [6.07, 6.45) is 0. The molecule has 0 saturated heterocycles. The molecule has 8 nitrogen and oxygen atoms in total. The lowest BCUT2D eigenvalue weighted by Crippen LogP contribution is -2.09. The maximum Gasteiger partial charge on any atom is 0.228 e. The van der Waals surface area contributed by atoms with Crippen LogP contribution in [0.15, 0.2) is 41.8 Å². The first-order valence-electron chi connectivity index (χ1n) is 9.69. The molecule has 0 amide bonds. The van der Waals surface area contributed by atoms with Crippen molar-refractivity contribution in [2.45, 2.75) is 0 Å². The van der Waals surface area contributed by atoms with E-state index in [0.29, 0.717) is 38.7 Å². The molecule has 0 bridgehead atoms. The van der Waals surface area contributed by atoms with E-state index >= 15 is 0 Å². The van der Waals surface area contributed by atoms with Crippen LogP contribution >= 0.6 is 11.3 Å². The second-order valence-corrected chi connectivity index (χ2v) is 7.66. The number of ketones is 1. The number of rotatable bonds is 8. The minimum Gasteiger partial charge on any atom is -0.494 e. The van der Waals surface area contributed by atoms with E-state index < -0.39 is 5.82 Å². The number of aromatic nitrogens is 2. The summed E-state index contributed by atoms with van der Waals surface area (Å²) in [5.41, 5.74) is 1.50. The van der Waals surface area contributed by atoms with E-state index in [1.54, 1.807) is 24.3 Å². The molecular weight excluding hydrogens is 449 g/mol. The lowest BCUT2D eigenvalue weighted by molar-refractivity contribution is 0.103. The first-order valence-corrected chi connectivity index (χ1v) is 10.6. The van der Waals surface area contributed by atoms with Crippen molar-refractivity contribution >= 4 is 39.0 Å². The lowest BCUT2D eigenvalue weighted by Gasteiger charge is -2.14. The number of carbonyl (C=O) groups is 1. The number of nitrogens with one attached hydrogen (secondary N) is 1. The van der Waals surface area contributed by atoms with E-state index in [-0.39, 0.29) is 23.2 Å². The average molecular weight is 469 g/mol. The van der Waals surface area contributed by atoms with Gasteiger partial charge in [-0.15, -0.1) is 11.3 Å². The summed E-state index contributed by atoms with van der Waals surface area (Å²) < 4.78 is 35.7. The Morgan fingerprint density at radius 1 is 0.909 bits per heavy atom. The second-order valence-electron chi connectivity index (χ2n) is 6.75. The second kappa shape index (κ2) is 9.29. The molecule has 0 aliphatic heterocycles. The van der Waals surface area contributed by atoms with Gasteiger partial charge >= 0.3 is 0 Å². The van der Waals surface area contributed by atoms with E-state index in [2.05, 4.69) is 15.3 Å². The maximum atomic E-state index is 14.1. The summed E-state index contributed by atoms with van der Waals surface area (Å²) in [7, 11) is 5.83. The van der Waals surface area contributed by atoms with Crippen molar-refractivity contribution in [3.8, 4) is 23.0 Å². The Bertz CT molecular complexity index is 1320. The van der Waals surface area contributed by atoms with Crippen LogP contribution in [0.3, 0.4) is 0 Å². The molecule has 33 heavy (non-hydrogen) atoms. The predicted molar refractivity (Wildman–Crippen MR) is 123 cm³/mol. The van der Waals surface area contributed by atoms with Gasteiger partial charge in [0.25, 0.3) is 0 Å². The molecule has 0 fully saturated rings. The first kappa shape index (κ1) is 22.3. The van der Waals surface area contributed by atoms with E-state index in [0.717, 1.165) is 0 Å². The van der Waals surface area contributed by atoms with Crippen LogP contribution < -0.4 is 24.3 Å². The number of anilines is 2. The summed E-state index contributed by atoms with van der Waals surface area (Å²) in [6, 6.07) is 9.30. The molecule has 4 rings (SSSR count). The molecule has 0 saturated carbocycles. The Labute approximate surface area is 192 Å². The Kier molecular flexibility index (Phi) is 6.27. The highest BCUT2D eigenvalue weighted by Crippen LogP contribution is 2.39. The smallest absolute Gasteiger partial charge is 0.228 e. The summed E-state index contributed by atoms with van der Waals surface area (Å²) >= 11 is 1.35. The van der Waals surface area contributed by atoms with Gasteiger partial charge in [-0.25, -0.2) is 14.4 Å². The molecule has 1 N–H and O–H groups in total. The number of ether oxygens (including phenoxy) is 4. The third-order valence-electron chi connectivity index (χ3n) is 4.85. The van der Waals surface area contributed by atoms with Gasteiger partial charge in [-0.05, 0) is 35.7 Å². The molecule has 4 aromatic rings. The standard InChI is InChI=1S/C23H20FN3O5S/c1-29-16-6-5-13(11-14(16)24)25-23-26-15-7-8-33-22(15)19(27-23)20(28)12-9-17(30-2)21(32-4)18(10-12)31-3/h5-11H,1-4H3,(H,25,26,27). The fourth-order valence-electron chi connectivity index (χ4n) is 3.30. The van der Waals surface area contributed by atoms with E-state index in [9.17, 15) is 9.18 Å². The number of thiophene rings is 1. The van der Waals surface area contributed by atoms with Crippen LogP contribution in [0.5, 0.6) is 23.0 Å². The molecule has 2 heterocycles. The van der Waals surface area contributed by atoms with Crippen molar-refractivity contribution in [1.29, 1.82) is 0 Å². The van der Waals surface area contributed by atoms with Crippen molar-refractivity contribution < 1.29 is 28.1 Å². The SMILES string of the molecule is COc1ccc(Nc2nc(C(=O)c3cc(OC)c(OC)c(OC)c3)c3sccc3n2)cc1F. The molecular formula is C23H20FN3O5S. The van der Waals surface area contributed by atoms with E-state index in [1.165, 1.54) is 51.9 Å². The highest BCUT2D eigenvalue weighted by Gasteiger charge is 2.22. The fourth-order valence-corrected chi connectivity index (χ4v) is 4.11. The number of hydrogen-bond donors (Lipinski definition) is 1. The number of fused-ring (bicyclic) bond motifs is 1. The van der Waals surface area contributed by atoms with Crippen molar-refractivity contribution in [2.75, 3.05) is 33.8 Å². The van der Waals surface area contributed by atoms with Gasteiger partial charge in [-0.3, -0.25) is 4.79 Å². The normalized spacial score (nSPS) is 10.7. The van der Waals surface area contributed by atoms with E-state index in [1.807, 2.05) is 5.38 Å². The van der Waals surface area contributed by atoms with Crippen molar-refractivity contribution in [2.24, 2.45) is 0 Å². The van der Waals surface area contributed by atoms with Crippen LogP contribution in [-0.2, 0) is 0 Å². The number of hydrogen-bond acceptors (Lipinski definition) is 9. The number of methoxy groups -OCH3 is 4. The van der Waals surface area contributed by atoms with Gasteiger partial charge in [0.2, 0.25) is 17.5 Å². The maximum absolute atomic E-state index is 14.1. The minimum absolute atomic E-state index is 0.119. The van der Waals surface area contributed by atoms with Crippen LogP contribution in [0.1, 0.15) is 16.1 Å². The summed E-state index contributed by atoms with van der Waals surface area (Å²) in [5.74, 6) is 0.465. The molecule has 10 heteroatoms. The number of nitrogens with zero attached hydrogens (tertiary/aromatic N) is 2. The minimum atomic E-state index is -0.534. The monoisotopic (exact) mass is 469 g/mol. The van der Waals surface area contributed by atoms with Gasteiger partial charge < -0.3 is 24.3 Å². The molecule has 2 aromatic heterocycles. The molecule has 0 aliphatic carbocycles. The topological polar surface area (TPSA) is 91.8 Å². The molecule has 0 radical (unpaired) electrons. The molecule has 0 atom stereocenters. The first-order chi connectivity index (χ1) is 16.0. The lowest BCUT2D eigenvalue weighted by atomic mass is 10.1. The van der Waals surface area contributed by atoms with Crippen molar-refractivity contribution in [3.63, 3.8) is 0 Å². The third kappa shape index (κ3) is 4.24. The van der Waals surface area contributed by atoms with Crippen LogP contribution in [0.25, 0.3) is 10.2 Å². The largest absolute Gasteiger partial charge is 0.494 e. The highest BCUT2D eigenvalue weighted by atomic mass is 32.1. The molecule has 170 valence electrons. The quantitative estimate of drug-likeness (QED) is 0.367. The van der Waals surface area contributed by atoms with Crippen molar-refractivity contribution in [1.82, 2.24) is 9.97 Å². The number of halogens is 1. The van der Waals surface area contributed by atoms with Crippen LogP contribution in [0.4, 0.5) is 16.0 Å². The summed E-state index contributed by atoms with van der Waals surface area (Å²) in [6.45, 7) is 0. The van der Waals surface area contributed by atoms with Crippen molar-refractivity contribution in [3.05, 3.63) is 58.9 Å². The fraction of sp³-hybridized carbons (Fsp3) is 0.174. The molecule has 2 aromatic carbocycles. The zero-order valence-electron chi connectivity index (χ0n) is 18.3. The van der Waals surface area contributed by atoms with Crippen LogP contribution in [0.2, 0.25) is 0 Å². The Balaban J connectivity index is 1.77. The molecule has 0 unspecified atom stereocenters. The Morgan fingerprint density at radius 3 is 2.21 bits per heavy atom. The molecule has 0 spiro atoms. The van der Waals surface area contributed by atoms with Gasteiger partial charge in [0.05, 0.1) is 38.7 Å². The third-order valence-corrected chi connectivity index (χ3v) is 5.76. The Morgan fingerprint density at radius 2 is 1.61 bits per heavy atom. The zero-order chi connectivity index (χ0) is 23.5. The highest BCUT2D eigenvalue weighted by molar-refractivity contribution is 7.17. The van der Waals surface area contributed by atoms with Gasteiger partial charge in [0, 0.05) is 17.3 Å². The van der Waals surface area contributed by atoms with E-state index in [4.69, 9.17) is 18.9 Å². The van der Waals surface area contributed by atoms with Gasteiger partial charge in [-0.1, -0.05) is 0 Å². The van der Waals surface area contributed by atoms with Crippen LogP contribution in [-0.4, -0.2) is 44.2 Å².